The SMILES string of the molecule is CCN(C)C(C(=O)NC1CCNCC1C)c1ccccc1.Cl.Cl. The molecule has 1 aliphatic heterocycles. The maximum Gasteiger partial charge on any atom is 0.242 e. The Kier molecular flexibility index (Phi) is 10.5. The van der Waals surface area contributed by atoms with Gasteiger partial charge in [-0.1, -0.05) is 44.2 Å². The average molecular weight is 362 g/mol. The second-order valence-corrected chi connectivity index (χ2v) is 5.97. The van der Waals surface area contributed by atoms with Gasteiger partial charge in [0.05, 0.1) is 0 Å². The van der Waals surface area contributed by atoms with E-state index in [2.05, 4.69) is 29.4 Å². The minimum atomic E-state index is -0.210. The predicted octanol–water partition coefficient (Wildman–Crippen LogP) is 2.64. The van der Waals surface area contributed by atoms with Crippen molar-refractivity contribution in [1.82, 2.24) is 15.5 Å². The fourth-order valence-corrected chi connectivity index (χ4v) is 2.91. The fourth-order valence-electron chi connectivity index (χ4n) is 2.91. The van der Waals surface area contributed by atoms with Crippen LogP contribution in [0.5, 0.6) is 0 Å². The molecule has 1 aromatic carbocycles. The zero-order valence-electron chi connectivity index (χ0n) is 14.1. The Balaban J connectivity index is 0.00000242. The predicted molar refractivity (Wildman–Crippen MR) is 101 cm³/mol. The number of piperidine rings is 1. The van der Waals surface area contributed by atoms with Crippen molar-refractivity contribution in [3.05, 3.63) is 35.9 Å². The van der Waals surface area contributed by atoms with Gasteiger partial charge in [0, 0.05) is 6.04 Å². The highest BCUT2D eigenvalue weighted by Crippen LogP contribution is 2.20. The van der Waals surface area contributed by atoms with Gasteiger partial charge in [-0.25, -0.2) is 0 Å². The number of nitrogens with zero attached hydrogens (tertiary/aromatic N) is 1. The van der Waals surface area contributed by atoms with Gasteiger partial charge in [-0.15, -0.1) is 24.8 Å². The van der Waals surface area contributed by atoms with Crippen LogP contribution in [0.2, 0.25) is 0 Å². The van der Waals surface area contributed by atoms with Gasteiger partial charge >= 0.3 is 0 Å². The molecule has 0 aliphatic carbocycles. The summed E-state index contributed by atoms with van der Waals surface area (Å²) in [4.78, 5) is 14.9. The lowest BCUT2D eigenvalue weighted by Crippen LogP contribution is -2.51. The molecule has 0 aromatic heterocycles. The van der Waals surface area contributed by atoms with Crippen LogP contribution in [0.15, 0.2) is 30.3 Å². The molecule has 6 heteroatoms. The number of carbonyl (C=O) groups excluding carboxylic acids is 1. The molecule has 1 saturated heterocycles. The molecule has 1 aliphatic rings. The summed E-state index contributed by atoms with van der Waals surface area (Å²) in [5.41, 5.74) is 1.06. The highest BCUT2D eigenvalue weighted by Gasteiger charge is 2.29. The summed E-state index contributed by atoms with van der Waals surface area (Å²) in [6.07, 6.45) is 1.00. The minimum absolute atomic E-state index is 0. The quantitative estimate of drug-likeness (QED) is 0.847. The van der Waals surface area contributed by atoms with E-state index in [0.717, 1.165) is 31.6 Å². The number of halogens is 2. The molecule has 1 fully saturated rings. The molecule has 1 aromatic rings. The molecular formula is C17H29Cl2N3O. The van der Waals surface area contributed by atoms with Crippen molar-refractivity contribution in [2.75, 3.05) is 26.7 Å². The molecular weight excluding hydrogens is 333 g/mol. The van der Waals surface area contributed by atoms with E-state index in [9.17, 15) is 4.79 Å². The van der Waals surface area contributed by atoms with Crippen LogP contribution in [-0.2, 0) is 4.79 Å². The highest BCUT2D eigenvalue weighted by atomic mass is 35.5. The lowest BCUT2D eigenvalue weighted by Gasteiger charge is -2.33. The van der Waals surface area contributed by atoms with Gasteiger partial charge in [0.15, 0.2) is 0 Å². The summed E-state index contributed by atoms with van der Waals surface area (Å²) in [5, 5.41) is 6.63. The Morgan fingerprint density at radius 2 is 2.00 bits per heavy atom. The third-order valence-electron chi connectivity index (χ3n) is 4.42. The maximum absolute atomic E-state index is 12.8. The number of carbonyl (C=O) groups is 1. The third-order valence-corrected chi connectivity index (χ3v) is 4.42. The van der Waals surface area contributed by atoms with Gasteiger partial charge in [0.25, 0.3) is 0 Å². The van der Waals surface area contributed by atoms with Crippen molar-refractivity contribution in [2.45, 2.75) is 32.4 Å². The van der Waals surface area contributed by atoms with Crippen LogP contribution >= 0.6 is 24.8 Å². The van der Waals surface area contributed by atoms with E-state index in [1.54, 1.807) is 0 Å². The van der Waals surface area contributed by atoms with E-state index in [0.29, 0.717) is 5.92 Å². The number of likely N-dealkylation sites (N-methyl/N-ethyl adjacent to an activating group) is 1. The molecule has 2 rings (SSSR count). The van der Waals surface area contributed by atoms with Gasteiger partial charge < -0.3 is 10.6 Å². The zero-order valence-corrected chi connectivity index (χ0v) is 15.8. The van der Waals surface area contributed by atoms with E-state index < -0.39 is 0 Å². The molecule has 0 radical (unpaired) electrons. The van der Waals surface area contributed by atoms with Gasteiger partial charge in [-0.05, 0) is 44.6 Å². The molecule has 0 saturated carbocycles. The van der Waals surface area contributed by atoms with Gasteiger partial charge in [-0.2, -0.15) is 0 Å². The molecule has 0 spiro atoms. The largest absolute Gasteiger partial charge is 0.351 e. The van der Waals surface area contributed by atoms with E-state index in [-0.39, 0.29) is 42.8 Å². The Bertz CT molecular complexity index is 458. The first-order valence-electron chi connectivity index (χ1n) is 7.89. The standard InChI is InChI=1S/C17H27N3O.2ClH/c1-4-20(3)16(14-8-6-5-7-9-14)17(21)19-15-10-11-18-12-13(15)2;;/h5-9,13,15-16,18H,4,10-12H2,1-3H3,(H,19,21);2*1H. The van der Waals surface area contributed by atoms with E-state index in [1.807, 2.05) is 37.4 Å². The first-order chi connectivity index (χ1) is 10.1. The van der Waals surface area contributed by atoms with Crippen LogP contribution in [0.25, 0.3) is 0 Å². The van der Waals surface area contributed by atoms with Crippen LogP contribution in [-0.4, -0.2) is 43.5 Å². The number of hydrogen-bond donors (Lipinski definition) is 2. The van der Waals surface area contributed by atoms with Crippen molar-refractivity contribution in [3.8, 4) is 0 Å². The monoisotopic (exact) mass is 361 g/mol. The number of nitrogens with one attached hydrogen (secondary N) is 2. The Morgan fingerprint density at radius 3 is 2.57 bits per heavy atom. The molecule has 23 heavy (non-hydrogen) atoms. The smallest absolute Gasteiger partial charge is 0.242 e. The first kappa shape index (κ1) is 22.2. The van der Waals surface area contributed by atoms with Crippen LogP contribution in [0.4, 0.5) is 0 Å². The van der Waals surface area contributed by atoms with Crippen molar-refractivity contribution < 1.29 is 4.79 Å². The van der Waals surface area contributed by atoms with Crippen molar-refractivity contribution >= 4 is 30.7 Å². The molecule has 0 bridgehead atoms. The van der Waals surface area contributed by atoms with Crippen LogP contribution in [0.3, 0.4) is 0 Å². The van der Waals surface area contributed by atoms with Crippen LogP contribution < -0.4 is 10.6 Å². The lowest BCUT2D eigenvalue weighted by atomic mass is 9.94. The molecule has 4 nitrogen and oxygen atoms in total. The summed E-state index contributed by atoms with van der Waals surface area (Å²) in [5.74, 6) is 0.593. The second-order valence-electron chi connectivity index (χ2n) is 5.97. The van der Waals surface area contributed by atoms with Gasteiger partial charge in [0.1, 0.15) is 6.04 Å². The summed E-state index contributed by atoms with van der Waals surface area (Å²) in [6, 6.07) is 10.1. The minimum Gasteiger partial charge on any atom is -0.351 e. The third kappa shape index (κ3) is 5.96. The summed E-state index contributed by atoms with van der Waals surface area (Å²) in [6.45, 7) is 7.07. The summed E-state index contributed by atoms with van der Waals surface area (Å²) < 4.78 is 0. The van der Waals surface area contributed by atoms with Crippen molar-refractivity contribution in [3.63, 3.8) is 0 Å². The van der Waals surface area contributed by atoms with Gasteiger partial charge in [-0.3, -0.25) is 9.69 Å². The summed E-state index contributed by atoms with van der Waals surface area (Å²) >= 11 is 0. The van der Waals surface area contributed by atoms with Crippen molar-refractivity contribution in [2.24, 2.45) is 5.92 Å². The maximum atomic E-state index is 12.8. The first-order valence-corrected chi connectivity index (χ1v) is 7.89. The second kappa shape index (κ2) is 10.9. The average Bonchev–Trinajstić information content (AvgIpc) is 2.50. The highest BCUT2D eigenvalue weighted by molar-refractivity contribution is 5.85. The molecule has 1 heterocycles. The van der Waals surface area contributed by atoms with Gasteiger partial charge in [0.2, 0.25) is 5.91 Å². The molecule has 3 unspecified atom stereocenters. The normalized spacial score (nSPS) is 21.7. The fraction of sp³-hybridized carbons (Fsp3) is 0.588. The molecule has 1 amide bonds. The topological polar surface area (TPSA) is 44.4 Å². The van der Waals surface area contributed by atoms with E-state index >= 15 is 0 Å². The van der Waals surface area contributed by atoms with E-state index in [4.69, 9.17) is 0 Å². The molecule has 3 atom stereocenters. The van der Waals surface area contributed by atoms with Crippen LogP contribution in [0.1, 0.15) is 31.9 Å². The lowest BCUT2D eigenvalue weighted by molar-refractivity contribution is -0.127. The van der Waals surface area contributed by atoms with Crippen LogP contribution in [0, 0.1) is 5.92 Å². The Hall–Kier alpha value is -0.810. The zero-order chi connectivity index (χ0) is 15.2. The number of hydrogen-bond acceptors (Lipinski definition) is 3. The molecule has 132 valence electrons. The van der Waals surface area contributed by atoms with E-state index in [1.165, 1.54) is 0 Å². The Morgan fingerprint density at radius 1 is 1.35 bits per heavy atom. The van der Waals surface area contributed by atoms with Crippen molar-refractivity contribution in [1.29, 1.82) is 0 Å². The number of rotatable bonds is 5. The number of benzene rings is 1. The molecule has 2 N–H and O–H groups in total. The number of amides is 1. The Labute approximate surface area is 152 Å². The summed E-state index contributed by atoms with van der Waals surface area (Å²) in [7, 11) is 2.00.